The third-order valence-corrected chi connectivity index (χ3v) is 6.94. The molecule has 198 valence electrons. The summed E-state index contributed by atoms with van der Waals surface area (Å²) >= 11 is 0. The van der Waals surface area contributed by atoms with Crippen molar-refractivity contribution >= 4 is 22.6 Å². The molecule has 12 heteroatoms. The van der Waals surface area contributed by atoms with Gasteiger partial charge in [-0.15, -0.1) is 0 Å². The van der Waals surface area contributed by atoms with Crippen LogP contribution in [0, 0.1) is 23.7 Å². The van der Waals surface area contributed by atoms with Crippen LogP contribution in [0.4, 0.5) is 10.1 Å². The summed E-state index contributed by atoms with van der Waals surface area (Å²) in [5.41, 5.74) is 2.40. The molecule has 0 bridgehead atoms. The Morgan fingerprint density at radius 1 is 1.36 bits per heavy atom. The zero-order chi connectivity index (χ0) is 27.4. The molecule has 1 aliphatic rings. The first-order chi connectivity index (χ1) is 19.0. The van der Waals surface area contributed by atoms with Gasteiger partial charge in [-0.05, 0) is 12.1 Å². The van der Waals surface area contributed by atoms with Crippen molar-refractivity contribution < 1.29 is 13.9 Å². The fourth-order valence-corrected chi connectivity index (χ4v) is 4.97. The van der Waals surface area contributed by atoms with Crippen LogP contribution in [0.1, 0.15) is 22.8 Å². The van der Waals surface area contributed by atoms with E-state index in [9.17, 15) is 14.4 Å². The number of carbonyl (C=O) groups excluding carboxylic acids is 1. The highest BCUT2D eigenvalue weighted by molar-refractivity contribution is 5.95. The Bertz CT molecular complexity index is 1570. The Balaban J connectivity index is 1.32. The molecular weight excluding hydrogens is 501 g/mol. The van der Waals surface area contributed by atoms with Crippen LogP contribution >= 0.6 is 0 Å². The number of nitrogens with one attached hydrogen (secondary N) is 1. The maximum atomic E-state index is 14.5. The fraction of sp³-hybridized carbons (Fsp3) is 0.333. The Kier molecular flexibility index (Phi) is 7.59. The van der Waals surface area contributed by atoms with Gasteiger partial charge in [0.25, 0.3) is 5.91 Å². The van der Waals surface area contributed by atoms with E-state index < -0.39 is 11.7 Å². The predicted octanol–water partition coefficient (Wildman–Crippen LogP) is 3.44. The third-order valence-electron chi connectivity index (χ3n) is 6.94. The number of amides is 1. The van der Waals surface area contributed by atoms with Gasteiger partial charge in [-0.25, -0.2) is 19.2 Å². The number of aromatic nitrogens is 5. The number of halogens is 1. The van der Waals surface area contributed by atoms with Gasteiger partial charge in [0, 0.05) is 56.6 Å². The molecular formula is C27H26FN9O2. The molecule has 0 aliphatic carbocycles. The molecule has 3 aromatic heterocycles. The largest absolute Gasteiger partial charge is 0.383 e. The number of ether oxygens (including phenoxy) is 1. The minimum atomic E-state index is -0.705. The summed E-state index contributed by atoms with van der Waals surface area (Å²) in [7, 11) is 1.59. The molecule has 1 saturated heterocycles. The van der Waals surface area contributed by atoms with Crippen molar-refractivity contribution in [3.05, 3.63) is 72.0 Å². The summed E-state index contributed by atoms with van der Waals surface area (Å²) in [6.45, 7) is 9.16. The highest BCUT2D eigenvalue weighted by atomic mass is 19.1. The minimum Gasteiger partial charge on any atom is -0.383 e. The van der Waals surface area contributed by atoms with Crippen LogP contribution in [0.3, 0.4) is 0 Å². The molecule has 11 nitrogen and oxygen atoms in total. The lowest BCUT2D eigenvalue weighted by Gasteiger charge is -2.42. The summed E-state index contributed by atoms with van der Waals surface area (Å²) in [5.74, 6) is -1.13. The van der Waals surface area contributed by atoms with E-state index in [-0.39, 0.29) is 29.8 Å². The van der Waals surface area contributed by atoms with Gasteiger partial charge in [0.05, 0.1) is 55.2 Å². The van der Waals surface area contributed by atoms with E-state index in [1.54, 1.807) is 22.9 Å². The van der Waals surface area contributed by atoms with Crippen LogP contribution in [-0.4, -0.2) is 86.4 Å². The van der Waals surface area contributed by atoms with E-state index in [0.29, 0.717) is 32.8 Å². The molecule has 1 fully saturated rings. The van der Waals surface area contributed by atoms with E-state index in [2.05, 4.69) is 35.9 Å². The molecule has 0 spiro atoms. The maximum absolute atomic E-state index is 14.5. The van der Waals surface area contributed by atoms with Crippen molar-refractivity contribution in [2.45, 2.75) is 18.5 Å². The van der Waals surface area contributed by atoms with Gasteiger partial charge >= 0.3 is 0 Å². The molecule has 4 aromatic rings. The molecule has 0 saturated carbocycles. The van der Waals surface area contributed by atoms with Gasteiger partial charge in [0.15, 0.2) is 5.69 Å². The van der Waals surface area contributed by atoms with Gasteiger partial charge in [0.2, 0.25) is 0 Å². The molecule has 4 heterocycles. The monoisotopic (exact) mass is 527 g/mol. The third kappa shape index (κ3) is 5.34. The quantitative estimate of drug-likeness (QED) is 0.349. The Morgan fingerprint density at radius 2 is 2.23 bits per heavy atom. The molecule has 0 radical (unpaired) electrons. The number of piperazine rings is 1. The number of carbonyl (C=O) groups is 1. The number of H-pyrrole nitrogens is 1. The average molecular weight is 528 g/mol. The summed E-state index contributed by atoms with van der Waals surface area (Å²) in [6, 6.07) is 7.66. The van der Waals surface area contributed by atoms with E-state index in [4.69, 9.17) is 11.3 Å². The lowest BCUT2D eigenvalue weighted by molar-refractivity contribution is 0.0165. The SMILES string of the molecule is [C-]#[N+]c1ccc(C(=O)N2CCN(CC(CC#N)n3cc(-c4ncnc5[nH]ccc45)cn3)C(COC)C2)c(F)c1. The highest BCUT2D eigenvalue weighted by Crippen LogP contribution is 2.27. The zero-order valence-corrected chi connectivity index (χ0v) is 21.3. The molecule has 1 amide bonds. The lowest BCUT2D eigenvalue weighted by atomic mass is 10.1. The van der Waals surface area contributed by atoms with E-state index in [0.717, 1.165) is 28.4 Å². The fourth-order valence-electron chi connectivity index (χ4n) is 4.97. The van der Waals surface area contributed by atoms with E-state index in [1.165, 1.54) is 18.5 Å². The maximum Gasteiger partial charge on any atom is 0.256 e. The van der Waals surface area contributed by atoms with Crippen LogP contribution < -0.4 is 0 Å². The number of methoxy groups -OCH3 is 1. The van der Waals surface area contributed by atoms with Crippen molar-refractivity contribution in [3.63, 3.8) is 0 Å². The molecule has 1 aliphatic heterocycles. The summed E-state index contributed by atoms with van der Waals surface area (Å²) in [4.78, 5) is 31.9. The molecule has 39 heavy (non-hydrogen) atoms. The molecule has 1 N–H and O–H groups in total. The molecule has 5 rings (SSSR count). The second-order valence-electron chi connectivity index (χ2n) is 9.32. The van der Waals surface area contributed by atoms with Crippen LogP contribution in [-0.2, 0) is 4.74 Å². The summed E-state index contributed by atoms with van der Waals surface area (Å²) < 4.78 is 21.8. The number of hydrogen-bond donors (Lipinski definition) is 1. The van der Waals surface area contributed by atoms with Gasteiger partial charge in [-0.3, -0.25) is 14.4 Å². The lowest BCUT2D eigenvalue weighted by Crippen LogP contribution is -2.57. The Morgan fingerprint density at radius 3 is 3.00 bits per heavy atom. The number of benzene rings is 1. The second kappa shape index (κ2) is 11.4. The molecule has 2 unspecified atom stereocenters. The van der Waals surface area contributed by atoms with E-state index >= 15 is 0 Å². The zero-order valence-electron chi connectivity index (χ0n) is 21.3. The molecule has 1 aromatic carbocycles. The van der Waals surface area contributed by atoms with Gasteiger partial charge in [-0.1, -0.05) is 12.1 Å². The van der Waals surface area contributed by atoms with Crippen molar-refractivity contribution in [2.24, 2.45) is 0 Å². The normalized spacial score (nSPS) is 16.6. The number of nitrogens with zero attached hydrogens (tertiary/aromatic N) is 8. The highest BCUT2D eigenvalue weighted by Gasteiger charge is 2.32. The number of hydrogen-bond acceptors (Lipinski definition) is 7. The van der Waals surface area contributed by atoms with Crippen molar-refractivity contribution in [1.29, 1.82) is 5.26 Å². The number of fused-ring (bicyclic) bond motifs is 1. The predicted molar refractivity (Wildman–Crippen MR) is 140 cm³/mol. The van der Waals surface area contributed by atoms with Crippen molar-refractivity contribution in [2.75, 3.05) is 39.9 Å². The Hall–Kier alpha value is -4.65. The van der Waals surface area contributed by atoms with Crippen molar-refractivity contribution in [1.82, 2.24) is 34.5 Å². The smallest absolute Gasteiger partial charge is 0.256 e. The number of aromatic amines is 1. The number of rotatable bonds is 8. The van der Waals surface area contributed by atoms with Crippen molar-refractivity contribution in [3.8, 4) is 17.3 Å². The summed E-state index contributed by atoms with van der Waals surface area (Å²) in [5, 5.41) is 15.0. The van der Waals surface area contributed by atoms with E-state index in [1.807, 2.05) is 18.5 Å². The van der Waals surface area contributed by atoms with Crippen LogP contribution in [0.2, 0.25) is 0 Å². The Labute approximate surface area is 224 Å². The first-order valence-electron chi connectivity index (χ1n) is 12.4. The standard InChI is InChI=1S/C27H26FN9O2/c1-30-19-3-4-22(24(28)11-19)27(38)36-10-9-35(21(15-36)16-39-2)14-20(5-7-29)37-13-18(12-34-37)25-23-6-8-31-26(23)33-17-32-25/h3-4,6,8,11-13,17,20-21H,5,9-10,14-16H2,2H3,(H,31,32,33). The summed E-state index contributed by atoms with van der Waals surface area (Å²) in [6.07, 6.45) is 7.16. The van der Waals surface area contributed by atoms with Gasteiger partial charge in [0.1, 0.15) is 17.8 Å². The van der Waals surface area contributed by atoms with Gasteiger partial charge < -0.3 is 14.6 Å². The van der Waals surface area contributed by atoms with Gasteiger partial charge in [-0.2, -0.15) is 10.4 Å². The van der Waals surface area contributed by atoms with Crippen LogP contribution in [0.5, 0.6) is 0 Å². The molecule has 2 atom stereocenters. The van der Waals surface area contributed by atoms with Crippen LogP contribution in [0.15, 0.2) is 49.2 Å². The number of nitriles is 1. The average Bonchev–Trinajstić information content (AvgIpc) is 3.63. The second-order valence-corrected chi connectivity index (χ2v) is 9.32. The minimum absolute atomic E-state index is 0.0558. The topological polar surface area (TPSA) is 120 Å². The first kappa shape index (κ1) is 26.0. The van der Waals surface area contributed by atoms with Crippen LogP contribution in [0.25, 0.3) is 27.1 Å². The first-order valence-corrected chi connectivity index (χ1v) is 12.4.